The van der Waals surface area contributed by atoms with Crippen LogP contribution >= 0.6 is 11.8 Å². The second-order valence-electron chi connectivity index (χ2n) is 8.98. The van der Waals surface area contributed by atoms with Crippen molar-refractivity contribution in [1.82, 2.24) is 9.80 Å². The van der Waals surface area contributed by atoms with Crippen LogP contribution in [-0.4, -0.2) is 63.4 Å². The number of nitrogens with zero attached hydrogens (tertiary/aromatic N) is 4. The van der Waals surface area contributed by atoms with Crippen molar-refractivity contribution < 1.29 is 33.7 Å². The first-order valence-corrected chi connectivity index (χ1v) is 12.7. The highest BCUT2D eigenvalue weighted by atomic mass is 32.2. The monoisotopic (exact) mass is 556 g/mol. The number of benzene rings is 2. The molecule has 0 atom stereocenters. The van der Waals surface area contributed by atoms with Gasteiger partial charge in [-0.2, -0.15) is 0 Å². The summed E-state index contributed by atoms with van der Waals surface area (Å²) >= 11 is 0.656. The number of non-ortho nitro benzene ring substituents is 1. The lowest BCUT2D eigenvalue weighted by Gasteiger charge is -2.31. The molecule has 39 heavy (non-hydrogen) atoms. The summed E-state index contributed by atoms with van der Waals surface area (Å²) in [7, 11) is 1.34. The number of carbonyl (C=O) groups is 3. The van der Waals surface area contributed by atoms with Gasteiger partial charge in [0.05, 0.1) is 27.9 Å². The van der Waals surface area contributed by atoms with Gasteiger partial charge >= 0.3 is 5.69 Å². The lowest BCUT2D eigenvalue weighted by molar-refractivity contribution is -0.394. The third kappa shape index (κ3) is 6.00. The number of thioether (sulfide) groups is 1. The van der Waals surface area contributed by atoms with Crippen LogP contribution in [0.1, 0.15) is 25.3 Å². The first kappa shape index (κ1) is 27.6. The number of methoxy groups -OCH3 is 1. The lowest BCUT2D eigenvalue weighted by atomic mass is 9.99. The summed E-state index contributed by atoms with van der Waals surface area (Å²) in [5, 5.41) is 22.1. The molecule has 2 saturated heterocycles. The van der Waals surface area contributed by atoms with Crippen LogP contribution in [-0.2, 0) is 9.59 Å². The average Bonchev–Trinajstić information content (AvgIpc) is 3.17. The maximum Gasteiger partial charge on any atom is 0.318 e. The standard InChI is InChI=1S/C25H24N4O9S/c1-15-8-10-26(11-9-15)22(30)14-27-24(31)21(39-25(27)32)12-16-4-3-5-20(37-2)23(16)38-19-7-6-17(28(33)34)13-18(19)29(35)36/h3-7,12-13,15H,8-11,14H2,1-2H3/b21-12+. The Balaban J connectivity index is 1.61. The molecule has 0 bridgehead atoms. The zero-order valence-electron chi connectivity index (χ0n) is 21.0. The fraction of sp³-hybridized carbons (Fsp3) is 0.320. The molecule has 4 rings (SSSR count). The molecule has 2 aliphatic heterocycles. The summed E-state index contributed by atoms with van der Waals surface area (Å²) in [4.78, 5) is 62.1. The Bertz CT molecular complexity index is 1390. The van der Waals surface area contributed by atoms with Crippen LogP contribution in [0.15, 0.2) is 41.3 Å². The van der Waals surface area contributed by atoms with Gasteiger partial charge < -0.3 is 14.4 Å². The van der Waals surface area contributed by atoms with E-state index in [9.17, 15) is 34.6 Å². The number of nitro groups is 2. The van der Waals surface area contributed by atoms with E-state index in [0.29, 0.717) is 30.8 Å². The maximum atomic E-state index is 13.1. The van der Waals surface area contributed by atoms with Gasteiger partial charge in [0.2, 0.25) is 11.7 Å². The molecule has 2 aliphatic rings. The van der Waals surface area contributed by atoms with E-state index in [4.69, 9.17) is 9.47 Å². The lowest BCUT2D eigenvalue weighted by Crippen LogP contribution is -2.45. The van der Waals surface area contributed by atoms with Crippen molar-refractivity contribution in [2.24, 2.45) is 5.92 Å². The van der Waals surface area contributed by atoms with Gasteiger partial charge in [-0.3, -0.25) is 39.5 Å². The predicted octanol–water partition coefficient (Wildman–Crippen LogP) is 4.60. The number of carbonyl (C=O) groups excluding carboxylic acids is 3. The van der Waals surface area contributed by atoms with Gasteiger partial charge in [0.1, 0.15) is 6.54 Å². The Morgan fingerprint density at radius 3 is 2.46 bits per heavy atom. The molecule has 2 aromatic carbocycles. The molecule has 0 saturated carbocycles. The summed E-state index contributed by atoms with van der Waals surface area (Å²) in [6.07, 6.45) is 3.09. The smallest absolute Gasteiger partial charge is 0.318 e. The Morgan fingerprint density at radius 2 is 1.82 bits per heavy atom. The minimum Gasteiger partial charge on any atom is -0.493 e. The molecular weight excluding hydrogens is 532 g/mol. The fourth-order valence-electron chi connectivity index (χ4n) is 4.15. The normalized spacial score (nSPS) is 17.0. The minimum atomic E-state index is -0.817. The van der Waals surface area contributed by atoms with Crippen molar-refractivity contribution >= 4 is 46.3 Å². The maximum absolute atomic E-state index is 13.1. The molecule has 3 amide bonds. The number of amides is 3. The third-order valence-electron chi connectivity index (χ3n) is 6.38. The van der Waals surface area contributed by atoms with Gasteiger partial charge in [0.15, 0.2) is 11.5 Å². The van der Waals surface area contributed by atoms with E-state index in [1.165, 1.54) is 19.3 Å². The highest BCUT2D eigenvalue weighted by Gasteiger charge is 2.38. The van der Waals surface area contributed by atoms with Crippen LogP contribution in [0.25, 0.3) is 6.08 Å². The molecule has 0 unspecified atom stereocenters. The van der Waals surface area contributed by atoms with Gasteiger partial charge in [-0.25, -0.2) is 0 Å². The number of hydrogen-bond donors (Lipinski definition) is 0. The average molecular weight is 557 g/mol. The molecule has 0 aromatic heterocycles. The Morgan fingerprint density at radius 1 is 1.10 bits per heavy atom. The fourth-order valence-corrected chi connectivity index (χ4v) is 4.97. The molecular formula is C25H24N4O9S. The third-order valence-corrected chi connectivity index (χ3v) is 7.29. The van der Waals surface area contributed by atoms with Gasteiger partial charge in [0, 0.05) is 24.7 Å². The van der Waals surface area contributed by atoms with Gasteiger partial charge in [-0.1, -0.05) is 19.1 Å². The molecule has 2 aromatic rings. The topological polar surface area (TPSA) is 162 Å². The largest absolute Gasteiger partial charge is 0.493 e. The van der Waals surface area contributed by atoms with E-state index in [1.807, 2.05) is 0 Å². The molecule has 2 fully saturated rings. The van der Waals surface area contributed by atoms with Crippen LogP contribution in [0, 0.1) is 26.1 Å². The van der Waals surface area contributed by atoms with Crippen LogP contribution < -0.4 is 9.47 Å². The zero-order valence-corrected chi connectivity index (χ0v) is 21.8. The second-order valence-corrected chi connectivity index (χ2v) is 9.97. The van der Waals surface area contributed by atoms with E-state index in [0.717, 1.165) is 35.9 Å². The van der Waals surface area contributed by atoms with E-state index >= 15 is 0 Å². The van der Waals surface area contributed by atoms with Crippen LogP contribution in [0.2, 0.25) is 0 Å². The van der Waals surface area contributed by atoms with E-state index in [-0.39, 0.29) is 40.2 Å². The molecule has 14 heteroatoms. The zero-order chi connectivity index (χ0) is 28.3. The highest BCUT2D eigenvalue weighted by molar-refractivity contribution is 8.18. The van der Waals surface area contributed by atoms with Crippen LogP contribution in [0.4, 0.5) is 16.2 Å². The quantitative estimate of drug-likeness (QED) is 0.255. The van der Waals surface area contributed by atoms with Gasteiger partial charge in [0.25, 0.3) is 16.8 Å². The molecule has 0 radical (unpaired) electrons. The van der Waals surface area contributed by atoms with Crippen LogP contribution in [0.3, 0.4) is 0 Å². The summed E-state index contributed by atoms with van der Waals surface area (Å²) in [5.74, 6) is -0.590. The van der Waals surface area contributed by atoms with E-state index < -0.39 is 32.4 Å². The highest BCUT2D eigenvalue weighted by Crippen LogP contribution is 2.42. The van der Waals surface area contributed by atoms with Crippen molar-refractivity contribution in [2.45, 2.75) is 19.8 Å². The molecule has 2 heterocycles. The number of hydrogen-bond acceptors (Lipinski definition) is 10. The Labute approximate surface area is 226 Å². The molecule has 13 nitrogen and oxygen atoms in total. The number of nitro benzene ring substituents is 2. The Kier molecular flexibility index (Phi) is 8.14. The number of likely N-dealkylation sites (tertiary alicyclic amines) is 1. The number of piperidine rings is 1. The van der Waals surface area contributed by atoms with Crippen molar-refractivity contribution in [1.29, 1.82) is 0 Å². The summed E-state index contributed by atoms with van der Waals surface area (Å²) < 4.78 is 11.1. The van der Waals surface area contributed by atoms with E-state index in [1.54, 1.807) is 17.0 Å². The van der Waals surface area contributed by atoms with Crippen molar-refractivity contribution in [3.63, 3.8) is 0 Å². The van der Waals surface area contributed by atoms with Gasteiger partial charge in [-0.15, -0.1) is 0 Å². The van der Waals surface area contributed by atoms with Crippen molar-refractivity contribution in [3.05, 3.63) is 67.1 Å². The van der Waals surface area contributed by atoms with Gasteiger partial charge in [-0.05, 0) is 48.7 Å². The predicted molar refractivity (Wildman–Crippen MR) is 140 cm³/mol. The second kappa shape index (κ2) is 11.5. The molecule has 204 valence electrons. The van der Waals surface area contributed by atoms with Crippen molar-refractivity contribution in [2.75, 3.05) is 26.7 Å². The number of imide groups is 1. The number of ether oxygens (including phenoxy) is 2. The SMILES string of the molecule is COc1cccc(/C=C2/SC(=O)N(CC(=O)N3CCC(C)CC3)C2=O)c1Oc1ccc([N+](=O)[O-])cc1[N+](=O)[O-]. The number of para-hydroxylation sites is 1. The van der Waals surface area contributed by atoms with E-state index in [2.05, 4.69) is 6.92 Å². The first-order valence-electron chi connectivity index (χ1n) is 11.9. The molecule has 0 aliphatic carbocycles. The first-order chi connectivity index (χ1) is 18.6. The Hall–Kier alpha value is -4.46. The number of rotatable bonds is 8. The minimum absolute atomic E-state index is 0.0118. The summed E-state index contributed by atoms with van der Waals surface area (Å²) in [6.45, 7) is 2.89. The molecule has 0 N–H and O–H groups in total. The van der Waals surface area contributed by atoms with Crippen LogP contribution in [0.5, 0.6) is 17.2 Å². The summed E-state index contributed by atoms with van der Waals surface area (Å²) in [6, 6.07) is 7.58. The van der Waals surface area contributed by atoms with Crippen molar-refractivity contribution in [3.8, 4) is 17.2 Å². The summed E-state index contributed by atoms with van der Waals surface area (Å²) in [5.41, 5.74) is -0.882. The molecule has 0 spiro atoms.